The molecule has 0 aromatic rings. The second-order valence-electron chi connectivity index (χ2n) is 3.63. The van der Waals surface area contributed by atoms with Crippen LogP contribution in [0.15, 0.2) is 0 Å². The number of rotatable bonds is 6. The van der Waals surface area contributed by atoms with Gasteiger partial charge in [0.1, 0.15) is 5.60 Å². The van der Waals surface area contributed by atoms with E-state index in [-0.39, 0.29) is 0 Å². The minimum atomic E-state index is -0.741. The maximum atomic E-state index is 9.94. The quantitative estimate of drug-likeness (QED) is 0.575. The summed E-state index contributed by atoms with van der Waals surface area (Å²) in [5, 5.41) is 9.94. The Kier molecular flexibility index (Phi) is 3.50. The van der Waals surface area contributed by atoms with Crippen molar-refractivity contribution in [1.82, 2.24) is 0 Å². The van der Waals surface area contributed by atoms with Crippen LogP contribution in [0.1, 0.15) is 26.2 Å². The van der Waals surface area contributed by atoms with Crippen molar-refractivity contribution < 1.29 is 9.84 Å². The van der Waals surface area contributed by atoms with E-state index in [1.807, 2.05) is 0 Å². The average Bonchev–Trinajstić information content (AvgIpc) is 2.87. The van der Waals surface area contributed by atoms with Gasteiger partial charge in [0.05, 0.1) is 6.61 Å². The highest BCUT2D eigenvalue weighted by atomic mass is 16.5. The molecule has 1 rings (SSSR count). The van der Waals surface area contributed by atoms with Crippen LogP contribution in [0.5, 0.6) is 0 Å². The number of ether oxygens (including phenoxy) is 1. The van der Waals surface area contributed by atoms with Crippen LogP contribution in [0.25, 0.3) is 0 Å². The highest BCUT2D eigenvalue weighted by molar-refractivity contribution is 4.95. The molecule has 0 aromatic carbocycles. The lowest BCUT2D eigenvalue weighted by Gasteiger charge is -2.25. The molecular formula is C9H19NO2. The molecule has 3 heteroatoms. The second-order valence-corrected chi connectivity index (χ2v) is 3.63. The van der Waals surface area contributed by atoms with Gasteiger partial charge in [-0.2, -0.15) is 0 Å². The van der Waals surface area contributed by atoms with Crippen molar-refractivity contribution in [2.75, 3.05) is 19.8 Å². The van der Waals surface area contributed by atoms with E-state index < -0.39 is 5.60 Å². The van der Waals surface area contributed by atoms with Crippen molar-refractivity contribution >= 4 is 0 Å². The van der Waals surface area contributed by atoms with Gasteiger partial charge in [-0.3, -0.25) is 0 Å². The molecule has 0 amide bonds. The standard InChI is InChI=1S/C9H19NO2/c1-2-5-12-7-9(11,6-10)8-3-4-8/h8,11H,2-7,10H2,1H3. The normalized spacial score (nSPS) is 22.2. The van der Waals surface area contributed by atoms with Crippen LogP contribution >= 0.6 is 0 Å². The first kappa shape index (κ1) is 9.96. The van der Waals surface area contributed by atoms with Gasteiger partial charge in [0.25, 0.3) is 0 Å². The summed E-state index contributed by atoms with van der Waals surface area (Å²) in [6, 6.07) is 0. The van der Waals surface area contributed by atoms with Crippen LogP contribution in [0.3, 0.4) is 0 Å². The Balaban J connectivity index is 2.23. The van der Waals surface area contributed by atoms with Gasteiger partial charge in [0.2, 0.25) is 0 Å². The maximum absolute atomic E-state index is 9.94. The summed E-state index contributed by atoms with van der Waals surface area (Å²) in [6.45, 7) is 3.50. The fourth-order valence-electron chi connectivity index (χ4n) is 1.36. The monoisotopic (exact) mass is 173 g/mol. The number of hydrogen-bond donors (Lipinski definition) is 2. The lowest BCUT2D eigenvalue weighted by Crippen LogP contribution is -2.44. The first-order valence-electron chi connectivity index (χ1n) is 4.73. The fraction of sp³-hybridized carbons (Fsp3) is 1.00. The number of aliphatic hydroxyl groups is 1. The minimum absolute atomic E-state index is 0.321. The highest BCUT2D eigenvalue weighted by Gasteiger charge is 2.42. The molecule has 0 bridgehead atoms. The summed E-state index contributed by atoms with van der Waals surface area (Å²) in [5.74, 6) is 0.388. The third-order valence-electron chi connectivity index (χ3n) is 2.39. The largest absolute Gasteiger partial charge is 0.386 e. The zero-order chi connectivity index (χ0) is 9.03. The Bertz CT molecular complexity index is 136. The molecule has 0 aliphatic heterocycles. The number of nitrogens with two attached hydrogens (primary N) is 1. The van der Waals surface area contributed by atoms with Crippen LogP contribution in [0, 0.1) is 5.92 Å². The molecule has 1 saturated carbocycles. The SMILES string of the molecule is CCCOCC(O)(CN)C1CC1. The zero-order valence-corrected chi connectivity index (χ0v) is 7.75. The summed E-state index contributed by atoms with van der Waals surface area (Å²) in [4.78, 5) is 0. The van der Waals surface area contributed by atoms with E-state index in [9.17, 15) is 5.11 Å². The molecule has 1 unspecified atom stereocenters. The molecule has 72 valence electrons. The molecule has 1 atom stereocenters. The molecular weight excluding hydrogens is 154 g/mol. The maximum Gasteiger partial charge on any atom is 0.103 e. The van der Waals surface area contributed by atoms with Gasteiger partial charge in [0.15, 0.2) is 0 Å². The predicted octanol–water partition coefficient (Wildman–Crippen LogP) is 0.513. The van der Waals surface area contributed by atoms with Crippen LogP contribution < -0.4 is 5.73 Å². The van der Waals surface area contributed by atoms with E-state index in [2.05, 4.69) is 6.92 Å². The summed E-state index contributed by atoms with van der Waals surface area (Å²) < 4.78 is 5.31. The lowest BCUT2D eigenvalue weighted by molar-refractivity contribution is -0.0546. The molecule has 0 spiro atoms. The first-order valence-corrected chi connectivity index (χ1v) is 4.73. The molecule has 12 heavy (non-hydrogen) atoms. The summed E-state index contributed by atoms with van der Waals surface area (Å²) in [6.07, 6.45) is 3.19. The average molecular weight is 173 g/mol. The fourth-order valence-corrected chi connectivity index (χ4v) is 1.36. The molecule has 0 radical (unpaired) electrons. The molecule has 0 heterocycles. The van der Waals surface area contributed by atoms with E-state index in [1.165, 1.54) is 0 Å². The molecule has 3 nitrogen and oxygen atoms in total. The van der Waals surface area contributed by atoms with Crippen LogP contribution in [0.2, 0.25) is 0 Å². The van der Waals surface area contributed by atoms with E-state index in [4.69, 9.17) is 10.5 Å². The van der Waals surface area contributed by atoms with E-state index in [0.29, 0.717) is 19.1 Å². The van der Waals surface area contributed by atoms with E-state index >= 15 is 0 Å². The predicted molar refractivity (Wildman–Crippen MR) is 47.8 cm³/mol. The van der Waals surface area contributed by atoms with Crippen molar-refractivity contribution in [1.29, 1.82) is 0 Å². The third kappa shape index (κ3) is 2.44. The minimum Gasteiger partial charge on any atom is -0.386 e. The molecule has 1 aliphatic carbocycles. The smallest absolute Gasteiger partial charge is 0.103 e. The van der Waals surface area contributed by atoms with Gasteiger partial charge in [0, 0.05) is 13.2 Å². The van der Waals surface area contributed by atoms with Crippen LogP contribution in [-0.2, 0) is 4.74 Å². The van der Waals surface area contributed by atoms with Gasteiger partial charge in [-0.25, -0.2) is 0 Å². The molecule has 1 fully saturated rings. The second kappa shape index (κ2) is 4.21. The van der Waals surface area contributed by atoms with Gasteiger partial charge >= 0.3 is 0 Å². The van der Waals surface area contributed by atoms with Gasteiger partial charge in [-0.15, -0.1) is 0 Å². The van der Waals surface area contributed by atoms with E-state index in [0.717, 1.165) is 25.9 Å². The third-order valence-corrected chi connectivity index (χ3v) is 2.39. The topological polar surface area (TPSA) is 55.5 Å². The summed E-state index contributed by atoms with van der Waals surface area (Å²) >= 11 is 0. The summed E-state index contributed by atoms with van der Waals surface area (Å²) in [5.41, 5.74) is 4.76. The molecule has 3 N–H and O–H groups in total. The lowest BCUT2D eigenvalue weighted by atomic mass is 9.99. The van der Waals surface area contributed by atoms with Crippen LogP contribution in [-0.4, -0.2) is 30.5 Å². The zero-order valence-electron chi connectivity index (χ0n) is 7.75. The van der Waals surface area contributed by atoms with Crippen molar-refractivity contribution in [3.05, 3.63) is 0 Å². The van der Waals surface area contributed by atoms with Gasteiger partial charge in [-0.05, 0) is 25.2 Å². The molecule has 0 aromatic heterocycles. The van der Waals surface area contributed by atoms with Gasteiger partial charge < -0.3 is 15.6 Å². The van der Waals surface area contributed by atoms with Gasteiger partial charge in [-0.1, -0.05) is 6.92 Å². The number of hydrogen-bond acceptors (Lipinski definition) is 3. The van der Waals surface area contributed by atoms with Crippen LogP contribution in [0.4, 0.5) is 0 Å². The molecule has 0 saturated heterocycles. The van der Waals surface area contributed by atoms with Crippen molar-refractivity contribution in [2.45, 2.75) is 31.8 Å². The first-order chi connectivity index (χ1) is 5.73. The Morgan fingerprint density at radius 2 is 2.25 bits per heavy atom. The van der Waals surface area contributed by atoms with Crippen molar-refractivity contribution in [3.8, 4) is 0 Å². The molecule has 1 aliphatic rings. The summed E-state index contributed by atoms with van der Waals surface area (Å²) in [7, 11) is 0. The van der Waals surface area contributed by atoms with E-state index in [1.54, 1.807) is 0 Å². The Morgan fingerprint density at radius 1 is 1.58 bits per heavy atom. The van der Waals surface area contributed by atoms with Crippen molar-refractivity contribution in [2.24, 2.45) is 11.7 Å². The highest BCUT2D eigenvalue weighted by Crippen LogP contribution is 2.39. The Morgan fingerprint density at radius 3 is 2.67 bits per heavy atom. The Labute approximate surface area is 73.9 Å². The Hall–Kier alpha value is -0.120. The van der Waals surface area contributed by atoms with Crippen molar-refractivity contribution in [3.63, 3.8) is 0 Å².